The van der Waals surface area contributed by atoms with Gasteiger partial charge in [-0.2, -0.15) is 0 Å². The first-order valence-electron chi connectivity index (χ1n) is 7.30. The van der Waals surface area contributed by atoms with Gasteiger partial charge in [0.25, 0.3) is 0 Å². The largest absolute Gasteiger partial charge is 0.459 e. The third-order valence-electron chi connectivity index (χ3n) is 2.49. The molecule has 0 aliphatic carbocycles. The highest BCUT2D eigenvalue weighted by atomic mass is 16.6. The Morgan fingerprint density at radius 3 is 2.15 bits per heavy atom. The van der Waals surface area contributed by atoms with Gasteiger partial charge in [0.05, 0.1) is 0 Å². The van der Waals surface area contributed by atoms with Crippen LogP contribution in [0.15, 0.2) is 24.3 Å². The lowest BCUT2D eigenvalue weighted by Crippen LogP contribution is -2.38. The first-order chi connectivity index (χ1) is 9.28. The Morgan fingerprint density at radius 2 is 1.70 bits per heavy atom. The summed E-state index contributed by atoms with van der Waals surface area (Å²) in [6.45, 7) is 14.2. The Bertz CT molecular complexity index is 390. The molecular formula is C17H29NO2. The molecule has 3 nitrogen and oxygen atoms in total. The second-order valence-electron chi connectivity index (χ2n) is 5.62. The smallest absolute Gasteiger partial charge is 0.323 e. The van der Waals surface area contributed by atoms with Gasteiger partial charge in [0.2, 0.25) is 0 Å². The lowest BCUT2D eigenvalue weighted by Gasteiger charge is -2.22. The standard InChI is InChI=1S/C15H23NO2.C2H6/c1-11-6-8-13(9-7-11)10-16-12(2)14(17)18-15(3,4)5;1-2/h6-9,12,16H,10H2,1-5H3;1-2H3. The molecule has 3 heteroatoms. The molecule has 1 aromatic rings. The van der Waals surface area contributed by atoms with Crippen LogP contribution in [0.2, 0.25) is 0 Å². The third-order valence-corrected chi connectivity index (χ3v) is 2.49. The van der Waals surface area contributed by atoms with Crippen LogP contribution in [0.25, 0.3) is 0 Å². The number of aryl methyl sites for hydroxylation is 1. The minimum Gasteiger partial charge on any atom is -0.459 e. The number of hydrogen-bond acceptors (Lipinski definition) is 3. The summed E-state index contributed by atoms with van der Waals surface area (Å²) < 4.78 is 5.31. The highest BCUT2D eigenvalue weighted by Gasteiger charge is 2.21. The fraction of sp³-hybridized carbons (Fsp3) is 0.588. The number of esters is 1. The summed E-state index contributed by atoms with van der Waals surface area (Å²) in [5.74, 6) is -0.213. The van der Waals surface area contributed by atoms with Crippen molar-refractivity contribution in [1.82, 2.24) is 5.32 Å². The van der Waals surface area contributed by atoms with Gasteiger partial charge in [0.15, 0.2) is 0 Å². The van der Waals surface area contributed by atoms with E-state index in [0.717, 1.165) is 5.56 Å². The molecule has 0 spiro atoms. The Balaban J connectivity index is 0.00000172. The van der Waals surface area contributed by atoms with Crippen molar-refractivity contribution in [3.8, 4) is 0 Å². The average molecular weight is 279 g/mol. The molecule has 1 aromatic carbocycles. The highest BCUT2D eigenvalue weighted by Crippen LogP contribution is 2.09. The van der Waals surface area contributed by atoms with Crippen LogP contribution >= 0.6 is 0 Å². The van der Waals surface area contributed by atoms with Crippen LogP contribution in [-0.4, -0.2) is 17.6 Å². The minimum absolute atomic E-state index is 0.213. The second kappa shape index (κ2) is 8.75. The molecule has 1 unspecified atom stereocenters. The SMILES string of the molecule is CC.Cc1ccc(CNC(C)C(=O)OC(C)(C)C)cc1. The summed E-state index contributed by atoms with van der Waals surface area (Å²) in [6.07, 6.45) is 0. The molecule has 20 heavy (non-hydrogen) atoms. The summed E-state index contributed by atoms with van der Waals surface area (Å²) in [7, 11) is 0. The third kappa shape index (κ3) is 7.95. The molecule has 0 aliphatic rings. The van der Waals surface area contributed by atoms with Crippen LogP contribution in [0.1, 0.15) is 52.7 Å². The lowest BCUT2D eigenvalue weighted by atomic mass is 10.1. The molecule has 1 atom stereocenters. The van der Waals surface area contributed by atoms with Crippen LogP contribution < -0.4 is 5.32 Å². The van der Waals surface area contributed by atoms with Gasteiger partial charge in [-0.05, 0) is 40.2 Å². The van der Waals surface area contributed by atoms with E-state index in [-0.39, 0.29) is 12.0 Å². The van der Waals surface area contributed by atoms with E-state index in [1.165, 1.54) is 5.56 Å². The van der Waals surface area contributed by atoms with Gasteiger partial charge in [-0.3, -0.25) is 4.79 Å². The zero-order valence-corrected chi connectivity index (χ0v) is 13.9. The Hall–Kier alpha value is -1.35. The van der Waals surface area contributed by atoms with Crippen LogP contribution in [0, 0.1) is 6.92 Å². The predicted octanol–water partition coefficient (Wildman–Crippen LogP) is 3.84. The molecule has 0 heterocycles. The second-order valence-corrected chi connectivity index (χ2v) is 5.62. The van der Waals surface area contributed by atoms with E-state index < -0.39 is 5.60 Å². The molecule has 1 N–H and O–H groups in total. The van der Waals surface area contributed by atoms with Crippen LogP contribution in [-0.2, 0) is 16.1 Å². The topological polar surface area (TPSA) is 38.3 Å². The number of rotatable bonds is 4. The van der Waals surface area contributed by atoms with Crippen molar-refractivity contribution in [3.05, 3.63) is 35.4 Å². The van der Waals surface area contributed by atoms with Gasteiger partial charge in [-0.15, -0.1) is 0 Å². The molecule has 0 saturated carbocycles. The number of hydrogen-bond donors (Lipinski definition) is 1. The first kappa shape index (κ1) is 18.7. The number of carbonyl (C=O) groups excluding carboxylic acids is 1. The highest BCUT2D eigenvalue weighted by molar-refractivity contribution is 5.75. The maximum Gasteiger partial charge on any atom is 0.323 e. The van der Waals surface area contributed by atoms with Gasteiger partial charge in [0.1, 0.15) is 11.6 Å². The summed E-state index contributed by atoms with van der Waals surface area (Å²) >= 11 is 0. The van der Waals surface area contributed by atoms with E-state index in [1.54, 1.807) is 0 Å². The molecule has 0 aliphatic heterocycles. The maximum absolute atomic E-state index is 11.7. The molecule has 1 rings (SSSR count). The first-order valence-corrected chi connectivity index (χ1v) is 7.30. The molecule has 114 valence electrons. The van der Waals surface area contributed by atoms with Gasteiger partial charge >= 0.3 is 5.97 Å². The predicted molar refractivity (Wildman–Crippen MR) is 84.7 cm³/mol. The number of nitrogens with one attached hydrogen (secondary N) is 1. The summed E-state index contributed by atoms with van der Waals surface area (Å²) in [6, 6.07) is 7.95. The van der Waals surface area contributed by atoms with Crippen molar-refractivity contribution < 1.29 is 9.53 Å². The molecule has 0 saturated heterocycles. The number of carbonyl (C=O) groups is 1. The monoisotopic (exact) mass is 279 g/mol. The van der Waals surface area contributed by atoms with Crippen molar-refractivity contribution >= 4 is 5.97 Å². The van der Waals surface area contributed by atoms with Gasteiger partial charge in [-0.25, -0.2) is 0 Å². The zero-order valence-electron chi connectivity index (χ0n) is 13.9. The molecule has 0 bridgehead atoms. The van der Waals surface area contributed by atoms with Crippen LogP contribution in [0.5, 0.6) is 0 Å². The van der Waals surface area contributed by atoms with Crippen molar-refractivity contribution in [1.29, 1.82) is 0 Å². The Labute approximate surface area is 123 Å². The summed E-state index contributed by atoms with van der Waals surface area (Å²) in [5.41, 5.74) is 1.96. The summed E-state index contributed by atoms with van der Waals surface area (Å²) in [4.78, 5) is 11.7. The van der Waals surface area contributed by atoms with E-state index in [2.05, 4.69) is 36.5 Å². The van der Waals surface area contributed by atoms with E-state index in [1.807, 2.05) is 41.5 Å². The van der Waals surface area contributed by atoms with Crippen molar-refractivity contribution in [2.45, 2.75) is 66.7 Å². The molecule has 0 fully saturated rings. The average Bonchev–Trinajstić information content (AvgIpc) is 2.38. The van der Waals surface area contributed by atoms with Crippen LogP contribution in [0.3, 0.4) is 0 Å². The maximum atomic E-state index is 11.7. The van der Waals surface area contributed by atoms with Gasteiger partial charge < -0.3 is 10.1 Å². The van der Waals surface area contributed by atoms with Gasteiger partial charge in [-0.1, -0.05) is 43.7 Å². The minimum atomic E-state index is -0.434. The van der Waals surface area contributed by atoms with Crippen LogP contribution in [0.4, 0.5) is 0 Å². The van der Waals surface area contributed by atoms with E-state index >= 15 is 0 Å². The van der Waals surface area contributed by atoms with Crippen molar-refractivity contribution in [2.75, 3.05) is 0 Å². The Kier molecular flexibility index (Phi) is 8.16. The lowest BCUT2D eigenvalue weighted by molar-refractivity contribution is -0.157. The van der Waals surface area contributed by atoms with Gasteiger partial charge in [0, 0.05) is 6.54 Å². The van der Waals surface area contributed by atoms with Crippen molar-refractivity contribution in [2.24, 2.45) is 0 Å². The molecule has 0 amide bonds. The number of benzene rings is 1. The molecular weight excluding hydrogens is 250 g/mol. The van der Waals surface area contributed by atoms with E-state index in [9.17, 15) is 4.79 Å². The van der Waals surface area contributed by atoms with E-state index in [0.29, 0.717) is 6.54 Å². The number of ether oxygens (including phenoxy) is 1. The fourth-order valence-electron chi connectivity index (χ4n) is 1.45. The normalized spacial score (nSPS) is 12.2. The van der Waals surface area contributed by atoms with E-state index in [4.69, 9.17) is 4.74 Å². The quantitative estimate of drug-likeness (QED) is 0.851. The molecule has 0 radical (unpaired) electrons. The molecule has 0 aromatic heterocycles. The fourth-order valence-corrected chi connectivity index (χ4v) is 1.45. The Morgan fingerprint density at radius 1 is 1.20 bits per heavy atom. The van der Waals surface area contributed by atoms with Crippen molar-refractivity contribution in [3.63, 3.8) is 0 Å². The summed E-state index contributed by atoms with van der Waals surface area (Å²) in [5, 5.41) is 3.17. The zero-order chi connectivity index (χ0) is 15.8.